The Labute approximate surface area is 176 Å². The predicted octanol–water partition coefficient (Wildman–Crippen LogP) is 5.29. The van der Waals surface area contributed by atoms with Gasteiger partial charge in [-0.05, 0) is 23.8 Å². The second kappa shape index (κ2) is 8.43. The summed E-state index contributed by atoms with van der Waals surface area (Å²) in [7, 11) is 0. The standard InChI is InChI=1S/C21H14Cl2N4O2/c22-15-7-4-8-16(23)14(15)11-18(28)26-21-19(17-9-10-24-12-25-17)20(27-29-21)13-5-2-1-3-6-13/h1-10,12H,11H2,(H,26,28). The zero-order valence-corrected chi connectivity index (χ0v) is 16.5. The molecule has 0 radical (unpaired) electrons. The zero-order valence-electron chi connectivity index (χ0n) is 15.0. The summed E-state index contributed by atoms with van der Waals surface area (Å²) in [6.45, 7) is 0. The predicted molar refractivity (Wildman–Crippen MR) is 112 cm³/mol. The van der Waals surface area contributed by atoms with E-state index in [1.807, 2.05) is 30.3 Å². The topological polar surface area (TPSA) is 80.9 Å². The molecule has 1 amide bonds. The van der Waals surface area contributed by atoms with E-state index in [-0.39, 0.29) is 18.2 Å². The van der Waals surface area contributed by atoms with Crippen LogP contribution in [0.2, 0.25) is 10.0 Å². The summed E-state index contributed by atoms with van der Waals surface area (Å²) in [4.78, 5) is 20.9. The number of hydrogen-bond acceptors (Lipinski definition) is 5. The average Bonchev–Trinajstić information content (AvgIpc) is 3.15. The first kappa shape index (κ1) is 19.1. The lowest BCUT2D eigenvalue weighted by Gasteiger charge is -2.08. The second-order valence-electron chi connectivity index (χ2n) is 6.12. The SMILES string of the molecule is O=C(Cc1c(Cl)cccc1Cl)Nc1onc(-c2ccccc2)c1-c1ccncn1. The Hall–Kier alpha value is -3.22. The molecule has 0 saturated carbocycles. The van der Waals surface area contributed by atoms with Crippen LogP contribution in [0.4, 0.5) is 5.88 Å². The van der Waals surface area contributed by atoms with Gasteiger partial charge in [0, 0.05) is 21.8 Å². The zero-order chi connectivity index (χ0) is 20.2. The van der Waals surface area contributed by atoms with Gasteiger partial charge in [0.1, 0.15) is 12.0 Å². The Morgan fingerprint density at radius 1 is 1.00 bits per heavy atom. The van der Waals surface area contributed by atoms with Crippen molar-refractivity contribution in [3.05, 3.63) is 82.7 Å². The number of benzene rings is 2. The van der Waals surface area contributed by atoms with Crippen LogP contribution in [0.1, 0.15) is 5.56 Å². The van der Waals surface area contributed by atoms with Crippen LogP contribution < -0.4 is 5.32 Å². The van der Waals surface area contributed by atoms with Crippen LogP contribution in [0, 0.1) is 0 Å². The van der Waals surface area contributed by atoms with Gasteiger partial charge in [0.25, 0.3) is 0 Å². The molecule has 29 heavy (non-hydrogen) atoms. The minimum Gasteiger partial charge on any atom is -0.337 e. The minimum absolute atomic E-state index is 0.0108. The lowest BCUT2D eigenvalue weighted by atomic mass is 10.0. The highest BCUT2D eigenvalue weighted by atomic mass is 35.5. The molecular weight excluding hydrogens is 411 g/mol. The molecule has 2 aromatic heterocycles. The minimum atomic E-state index is -0.342. The lowest BCUT2D eigenvalue weighted by Crippen LogP contribution is -2.15. The van der Waals surface area contributed by atoms with E-state index in [4.69, 9.17) is 27.7 Å². The fraction of sp³-hybridized carbons (Fsp3) is 0.0476. The Morgan fingerprint density at radius 3 is 2.45 bits per heavy atom. The van der Waals surface area contributed by atoms with Crippen molar-refractivity contribution in [3.8, 4) is 22.5 Å². The van der Waals surface area contributed by atoms with E-state index in [2.05, 4.69) is 20.4 Å². The van der Waals surface area contributed by atoms with Gasteiger partial charge in [-0.1, -0.05) is 64.8 Å². The maximum atomic E-state index is 12.7. The lowest BCUT2D eigenvalue weighted by molar-refractivity contribution is -0.115. The summed E-state index contributed by atoms with van der Waals surface area (Å²) < 4.78 is 5.47. The molecule has 144 valence electrons. The Kier molecular flexibility index (Phi) is 5.55. The molecular formula is C21H14Cl2N4O2. The van der Waals surface area contributed by atoms with E-state index in [0.29, 0.717) is 32.6 Å². The number of anilines is 1. The highest BCUT2D eigenvalue weighted by Gasteiger charge is 2.22. The molecule has 2 aromatic carbocycles. The number of aromatic nitrogens is 3. The number of nitrogens with one attached hydrogen (secondary N) is 1. The van der Waals surface area contributed by atoms with Gasteiger partial charge in [0.2, 0.25) is 11.8 Å². The van der Waals surface area contributed by atoms with Crippen molar-refractivity contribution in [2.24, 2.45) is 0 Å². The number of halogens is 2. The van der Waals surface area contributed by atoms with Crippen molar-refractivity contribution in [1.29, 1.82) is 0 Å². The van der Waals surface area contributed by atoms with Crippen LogP contribution in [0.3, 0.4) is 0 Å². The maximum absolute atomic E-state index is 12.7. The summed E-state index contributed by atoms with van der Waals surface area (Å²) in [5.74, 6) is -0.151. The quantitative estimate of drug-likeness (QED) is 0.470. The Balaban J connectivity index is 1.69. The van der Waals surface area contributed by atoms with Crippen molar-refractivity contribution in [1.82, 2.24) is 15.1 Å². The summed E-state index contributed by atoms with van der Waals surface area (Å²) >= 11 is 12.3. The van der Waals surface area contributed by atoms with Crippen LogP contribution in [-0.2, 0) is 11.2 Å². The van der Waals surface area contributed by atoms with Crippen LogP contribution >= 0.6 is 23.2 Å². The molecule has 0 unspecified atom stereocenters. The third-order valence-electron chi connectivity index (χ3n) is 4.23. The largest absolute Gasteiger partial charge is 0.337 e. The molecule has 0 spiro atoms. The third kappa shape index (κ3) is 4.13. The molecule has 4 rings (SSSR count). The second-order valence-corrected chi connectivity index (χ2v) is 6.94. The van der Waals surface area contributed by atoms with Crippen LogP contribution in [0.25, 0.3) is 22.5 Å². The molecule has 0 saturated heterocycles. The first-order valence-corrected chi connectivity index (χ1v) is 9.43. The summed E-state index contributed by atoms with van der Waals surface area (Å²) in [5, 5.41) is 7.76. The van der Waals surface area contributed by atoms with Gasteiger partial charge in [-0.2, -0.15) is 0 Å². The van der Waals surface area contributed by atoms with Crippen LogP contribution in [0.15, 0.2) is 71.6 Å². The summed E-state index contributed by atoms with van der Waals surface area (Å²) in [5.41, 5.74) is 3.08. The number of carbonyl (C=O) groups is 1. The average molecular weight is 425 g/mol. The number of carbonyl (C=O) groups excluding carboxylic acids is 1. The van der Waals surface area contributed by atoms with Crippen LogP contribution in [-0.4, -0.2) is 21.0 Å². The fourth-order valence-corrected chi connectivity index (χ4v) is 3.41. The monoisotopic (exact) mass is 424 g/mol. The van der Waals surface area contributed by atoms with Gasteiger partial charge in [-0.25, -0.2) is 9.97 Å². The van der Waals surface area contributed by atoms with Crippen molar-refractivity contribution in [2.45, 2.75) is 6.42 Å². The first-order valence-electron chi connectivity index (χ1n) is 8.67. The molecule has 6 nitrogen and oxygen atoms in total. The number of nitrogens with zero attached hydrogens (tertiary/aromatic N) is 3. The molecule has 0 aliphatic heterocycles. The number of amides is 1. The molecule has 1 N–H and O–H groups in total. The third-order valence-corrected chi connectivity index (χ3v) is 4.94. The number of rotatable bonds is 5. The van der Waals surface area contributed by atoms with E-state index in [1.54, 1.807) is 30.5 Å². The summed E-state index contributed by atoms with van der Waals surface area (Å²) in [6.07, 6.45) is 3.02. The van der Waals surface area contributed by atoms with Gasteiger partial charge in [0.05, 0.1) is 17.7 Å². The van der Waals surface area contributed by atoms with Crippen molar-refractivity contribution in [3.63, 3.8) is 0 Å². The fourth-order valence-electron chi connectivity index (χ4n) is 2.88. The van der Waals surface area contributed by atoms with Gasteiger partial charge >= 0.3 is 0 Å². The van der Waals surface area contributed by atoms with Crippen molar-refractivity contribution in [2.75, 3.05) is 5.32 Å². The molecule has 0 aliphatic carbocycles. The molecule has 0 bridgehead atoms. The first-order chi connectivity index (χ1) is 14.1. The molecule has 2 heterocycles. The van der Waals surface area contributed by atoms with Crippen molar-refractivity contribution < 1.29 is 9.32 Å². The van der Waals surface area contributed by atoms with E-state index in [9.17, 15) is 4.79 Å². The molecule has 4 aromatic rings. The van der Waals surface area contributed by atoms with Gasteiger partial charge in [-0.3, -0.25) is 10.1 Å². The van der Waals surface area contributed by atoms with Crippen LogP contribution in [0.5, 0.6) is 0 Å². The Morgan fingerprint density at radius 2 is 1.76 bits per heavy atom. The number of hydrogen-bond donors (Lipinski definition) is 1. The molecule has 0 atom stereocenters. The van der Waals surface area contributed by atoms with Crippen molar-refractivity contribution >= 4 is 35.0 Å². The molecule has 8 heteroatoms. The smallest absolute Gasteiger partial charge is 0.241 e. The van der Waals surface area contributed by atoms with E-state index >= 15 is 0 Å². The van der Waals surface area contributed by atoms with E-state index in [0.717, 1.165) is 5.56 Å². The molecule has 0 fully saturated rings. The molecule has 0 aliphatic rings. The van der Waals surface area contributed by atoms with Gasteiger partial charge in [-0.15, -0.1) is 0 Å². The Bertz CT molecular complexity index is 1130. The van der Waals surface area contributed by atoms with Gasteiger partial charge in [0.15, 0.2) is 0 Å². The maximum Gasteiger partial charge on any atom is 0.241 e. The highest BCUT2D eigenvalue weighted by Crippen LogP contribution is 2.36. The van der Waals surface area contributed by atoms with E-state index < -0.39 is 0 Å². The summed E-state index contributed by atoms with van der Waals surface area (Å²) in [6, 6.07) is 16.3. The highest BCUT2D eigenvalue weighted by molar-refractivity contribution is 6.36. The van der Waals surface area contributed by atoms with E-state index in [1.165, 1.54) is 6.33 Å². The normalized spacial score (nSPS) is 10.7. The van der Waals surface area contributed by atoms with Gasteiger partial charge < -0.3 is 4.52 Å².